The van der Waals surface area contributed by atoms with E-state index < -0.39 is 0 Å². The molecule has 0 amide bonds. The van der Waals surface area contributed by atoms with E-state index in [9.17, 15) is 0 Å². The van der Waals surface area contributed by atoms with Gasteiger partial charge in [0.05, 0.1) is 6.04 Å². The average Bonchev–Trinajstić information content (AvgIpc) is 2.87. The molecule has 2 aromatic rings. The molecule has 0 saturated carbocycles. The van der Waals surface area contributed by atoms with Crippen LogP contribution in [0.15, 0.2) is 35.1 Å². The summed E-state index contributed by atoms with van der Waals surface area (Å²) in [5, 5.41) is 3.53. The molecule has 0 aliphatic rings. The summed E-state index contributed by atoms with van der Waals surface area (Å²) in [5.74, 6) is 1.07. The van der Waals surface area contributed by atoms with Crippen molar-refractivity contribution in [2.75, 3.05) is 6.54 Å². The molecule has 0 aliphatic heterocycles. The summed E-state index contributed by atoms with van der Waals surface area (Å²) >= 11 is 3.66. The molecule has 1 aromatic heterocycles. The molecule has 1 unspecified atom stereocenters. The highest BCUT2D eigenvalue weighted by Gasteiger charge is 2.20. The van der Waals surface area contributed by atoms with E-state index in [1.807, 2.05) is 12.4 Å². The third-order valence-corrected chi connectivity index (χ3v) is 3.94. The summed E-state index contributed by atoms with van der Waals surface area (Å²) in [4.78, 5) is 4.53. The highest BCUT2D eigenvalue weighted by atomic mass is 79.9. The first-order valence-corrected chi connectivity index (χ1v) is 7.47. The number of hydrogen-bond donors (Lipinski definition) is 1. The van der Waals surface area contributed by atoms with Crippen LogP contribution in [0.2, 0.25) is 0 Å². The fourth-order valence-corrected chi connectivity index (χ4v) is 2.75. The minimum absolute atomic E-state index is 0.120. The fourth-order valence-electron chi connectivity index (χ4n) is 2.28. The lowest BCUT2D eigenvalue weighted by molar-refractivity contribution is 0.557. The van der Waals surface area contributed by atoms with E-state index in [1.165, 1.54) is 11.1 Å². The first-order valence-electron chi connectivity index (χ1n) is 6.67. The molecule has 0 radical (unpaired) electrons. The largest absolute Gasteiger partial charge is 0.334 e. The Hall–Kier alpha value is -1.13. The number of halogens is 1. The lowest BCUT2D eigenvalue weighted by Gasteiger charge is -2.20. The molecule has 19 heavy (non-hydrogen) atoms. The average molecular weight is 322 g/mol. The maximum Gasteiger partial charge on any atom is 0.130 e. The van der Waals surface area contributed by atoms with Crippen molar-refractivity contribution in [2.45, 2.75) is 33.4 Å². The second kappa shape index (κ2) is 6.35. The molecular formula is C15H20BrN3. The van der Waals surface area contributed by atoms with Gasteiger partial charge in [0.1, 0.15) is 5.82 Å². The van der Waals surface area contributed by atoms with Gasteiger partial charge in [-0.05, 0) is 32.0 Å². The summed E-state index contributed by atoms with van der Waals surface area (Å²) in [6.45, 7) is 8.21. The Labute approximate surface area is 123 Å². The maximum absolute atomic E-state index is 4.53. The van der Waals surface area contributed by atoms with Crippen LogP contribution >= 0.6 is 15.9 Å². The highest BCUT2D eigenvalue weighted by molar-refractivity contribution is 9.10. The highest BCUT2D eigenvalue weighted by Crippen LogP contribution is 2.28. The molecule has 102 valence electrons. The lowest BCUT2D eigenvalue weighted by atomic mass is 10.0. The molecule has 4 heteroatoms. The third-order valence-electron chi connectivity index (χ3n) is 3.22. The molecule has 1 aromatic carbocycles. The van der Waals surface area contributed by atoms with Crippen molar-refractivity contribution in [3.8, 4) is 0 Å². The van der Waals surface area contributed by atoms with Crippen LogP contribution in [-0.2, 0) is 6.54 Å². The third kappa shape index (κ3) is 3.07. The molecular weight excluding hydrogens is 302 g/mol. The van der Waals surface area contributed by atoms with E-state index in [1.54, 1.807) is 0 Å². The molecule has 2 rings (SSSR count). The molecule has 1 atom stereocenters. The first kappa shape index (κ1) is 14.3. The quantitative estimate of drug-likeness (QED) is 0.910. The second-order valence-corrected chi connectivity index (χ2v) is 5.44. The normalized spacial score (nSPS) is 12.6. The predicted molar refractivity (Wildman–Crippen MR) is 82.3 cm³/mol. The van der Waals surface area contributed by atoms with Crippen molar-refractivity contribution >= 4 is 15.9 Å². The van der Waals surface area contributed by atoms with Crippen LogP contribution in [-0.4, -0.2) is 16.1 Å². The Kier molecular flexibility index (Phi) is 4.77. The number of hydrogen-bond acceptors (Lipinski definition) is 2. The maximum atomic E-state index is 4.53. The Balaban J connectivity index is 2.48. The minimum atomic E-state index is 0.120. The van der Waals surface area contributed by atoms with Crippen molar-refractivity contribution in [3.05, 3.63) is 52.0 Å². The van der Waals surface area contributed by atoms with Crippen LogP contribution in [0.4, 0.5) is 0 Å². The number of nitrogens with zero attached hydrogens (tertiary/aromatic N) is 2. The molecule has 0 bridgehead atoms. The number of rotatable bonds is 5. The Morgan fingerprint density at radius 2 is 2.16 bits per heavy atom. The van der Waals surface area contributed by atoms with E-state index in [4.69, 9.17) is 0 Å². The predicted octanol–water partition coefficient (Wildman–Crippen LogP) is 3.67. The zero-order chi connectivity index (χ0) is 13.8. The lowest BCUT2D eigenvalue weighted by Crippen LogP contribution is -2.25. The van der Waals surface area contributed by atoms with E-state index >= 15 is 0 Å². The first-order chi connectivity index (χ1) is 9.17. The van der Waals surface area contributed by atoms with Gasteiger partial charge in [0.2, 0.25) is 0 Å². The van der Waals surface area contributed by atoms with E-state index in [0.29, 0.717) is 0 Å². The van der Waals surface area contributed by atoms with Crippen molar-refractivity contribution < 1.29 is 0 Å². The van der Waals surface area contributed by atoms with Gasteiger partial charge in [-0.1, -0.05) is 40.5 Å². The molecule has 0 aliphatic carbocycles. The summed E-state index contributed by atoms with van der Waals surface area (Å²) in [7, 11) is 0. The van der Waals surface area contributed by atoms with E-state index in [0.717, 1.165) is 23.4 Å². The summed E-state index contributed by atoms with van der Waals surface area (Å²) in [6, 6.07) is 6.55. The number of imidazole rings is 1. The molecule has 3 nitrogen and oxygen atoms in total. The Morgan fingerprint density at radius 3 is 2.84 bits per heavy atom. The van der Waals surface area contributed by atoms with Crippen molar-refractivity contribution in [1.29, 1.82) is 0 Å². The second-order valence-electron chi connectivity index (χ2n) is 4.59. The number of aryl methyl sites for hydroxylation is 2. The van der Waals surface area contributed by atoms with E-state index in [-0.39, 0.29) is 6.04 Å². The minimum Gasteiger partial charge on any atom is -0.334 e. The van der Waals surface area contributed by atoms with Crippen LogP contribution in [0.1, 0.15) is 36.8 Å². The van der Waals surface area contributed by atoms with Gasteiger partial charge in [-0.15, -0.1) is 0 Å². The Morgan fingerprint density at radius 1 is 1.37 bits per heavy atom. The van der Waals surface area contributed by atoms with Gasteiger partial charge in [-0.2, -0.15) is 0 Å². The SMILES string of the molecule is CCNC(c1cc(C)ccc1Br)c1nccn1CC. The van der Waals surface area contributed by atoms with Gasteiger partial charge >= 0.3 is 0 Å². The smallest absolute Gasteiger partial charge is 0.130 e. The molecule has 0 saturated heterocycles. The van der Waals surface area contributed by atoms with Crippen molar-refractivity contribution in [1.82, 2.24) is 14.9 Å². The summed E-state index contributed by atoms with van der Waals surface area (Å²) in [6.07, 6.45) is 3.90. The van der Waals surface area contributed by atoms with Gasteiger partial charge < -0.3 is 9.88 Å². The zero-order valence-electron chi connectivity index (χ0n) is 11.7. The van der Waals surface area contributed by atoms with Gasteiger partial charge in [0, 0.05) is 23.4 Å². The fraction of sp³-hybridized carbons (Fsp3) is 0.400. The molecule has 0 spiro atoms. The number of nitrogens with one attached hydrogen (secondary N) is 1. The topological polar surface area (TPSA) is 29.9 Å². The number of aromatic nitrogens is 2. The molecule has 0 fully saturated rings. The van der Waals surface area contributed by atoms with E-state index in [2.05, 4.69) is 69.8 Å². The van der Waals surface area contributed by atoms with Crippen molar-refractivity contribution in [3.63, 3.8) is 0 Å². The molecule has 1 N–H and O–H groups in total. The van der Waals surface area contributed by atoms with Gasteiger partial charge in [-0.3, -0.25) is 0 Å². The Bertz CT molecular complexity index is 548. The van der Waals surface area contributed by atoms with Gasteiger partial charge in [-0.25, -0.2) is 4.98 Å². The van der Waals surface area contributed by atoms with Crippen LogP contribution in [0.5, 0.6) is 0 Å². The number of benzene rings is 1. The van der Waals surface area contributed by atoms with Crippen molar-refractivity contribution in [2.24, 2.45) is 0 Å². The van der Waals surface area contributed by atoms with Crippen LogP contribution in [0.25, 0.3) is 0 Å². The summed E-state index contributed by atoms with van der Waals surface area (Å²) < 4.78 is 3.30. The summed E-state index contributed by atoms with van der Waals surface area (Å²) in [5.41, 5.74) is 2.50. The van der Waals surface area contributed by atoms with Crippen LogP contribution in [0, 0.1) is 6.92 Å². The van der Waals surface area contributed by atoms with Crippen LogP contribution in [0.3, 0.4) is 0 Å². The van der Waals surface area contributed by atoms with Crippen LogP contribution < -0.4 is 5.32 Å². The zero-order valence-corrected chi connectivity index (χ0v) is 13.2. The molecule has 1 heterocycles. The van der Waals surface area contributed by atoms with Gasteiger partial charge in [0.25, 0.3) is 0 Å². The van der Waals surface area contributed by atoms with Gasteiger partial charge in [0.15, 0.2) is 0 Å². The standard InChI is InChI=1S/C15H20BrN3/c1-4-17-14(15-18-8-9-19(15)5-2)12-10-11(3)6-7-13(12)16/h6-10,14,17H,4-5H2,1-3H3. The monoisotopic (exact) mass is 321 g/mol.